The molecule has 0 radical (unpaired) electrons. The van der Waals surface area contributed by atoms with E-state index >= 15 is 0 Å². The molecule has 0 fully saturated rings. The smallest absolute Gasteiger partial charge is 0.416 e. The lowest BCUT2D eigenvalue weighted by atomic mass is 10.0. The highest BCUT2D eigenvalue weighted by atomic mass is 32.2. The predicted molar refractivity (Wildman–Crippen MR) is 166 cm³/mol. The number of hydrogen-bond donors (Lipinski definition) is 1. The Hall–Kier alpha value is -4.84. The van der Waals surface area contributed by atoms with Gasteiger partial charge in [0.05, 0.1) is 29.9 Å². The number of halogens is 3. The van der Waals surface area contributed by atoms with Crippen molar-refractivity contribution >= 4 is 27.6 Å². The number of ether oxygens (including phenoxy) is 2. The number of benzene rings is 4. The van der Waals surface area contributed by atoms with Crippen LogP contribution in [-0.2, 0) is 43.5 Å². The topological polar surface area (TPSA) is 102 Å². The van der Waals surface area contributed by atoms with Gasteiger partial charge < -0.3 is 14.8 Å². The zero-order valence-electron chi connectivity index (χ0n) is 24.8. The summed E-state index contributed by atoms with van der Waals surface area (Å²) in [5.74, 6) is -0.259. The van der Waals surface area contributed by atoms with Gasteiger partial charge in [-0.1, -0.05) is 54.6 Å². The van der Waals surface area contributed by atoms with Crippen LogP contribution in [0, 0.1) is 0 Å². The summed E-state index contributed by atoms with van der Waals surface area (Å²) in [6, 6.07) is 23.2. The van der Waals surface area contributed by atoms with E-state index in [9.17, 15) is 31.2 Å². The molecule has 0 saturated heterocycles. The zero-order valence-corrected chi connectivity index (χ0v) is 25.6. The summed E-state index contributed by atoms with van der Waals surface area (Å²) in [7, 11) is -2.92. The van der Waals surface area contributed by atoms with Crippen LogP contribution in [0.25, 0.3) is 11.1 Å². The Bertz CT molecular complexity index is 1830. The third-order valence-corrected chi connectivity index (χ3v) is 9.39. The van der Waals surface area contributed by atoms with Crippen molar-refractivity contribution in [3.05, 3.63) is 114 Å². The van der Waals surface area contributed by atoms with Crippen molar-refractivity contribution in [1.82, 2.24) is 5.32 Å². The molecule has 0 saturated carbocycles. The van der Waals surface area contributed by atoms with Gasteiger partial charge in [0, 0.05) is 19.4 Å². The van der Waals surface area contributed by atoms with E-state index in [1.165, 1.54) is 43.5 Å². The summed E-state index contributed by atoms with van der Waals surface area (Å²) < 4.78 is 79.1. The molecule has 8 nitrogen and oxygen atoms in total. The number of nitrogens with zero attached hydrogens (tertiary/aromatic N) is 1. The van der Waals surface area contributed by atoms with Gasteiger partial charge in [0.15, 0.2) is 0 Å². The first kappa shape index (κ1) is 32.6. The van der Waals surface area contributed by atoms with Crippen LogP contribution in [0.15, 0.2) is 102 Å². The summed E-state index contributed by atoms with van der Waals surface area (Å²) >= 11 is 0. The van der Waals surface area contributed by atoms with Crippen LogP contribution in [0.2, 0.25) is 0 Å². The van der Waals surface area contributed by atoms with Crippen molar-refractivity contribution < 1.29 is 40.7 Å². The fourth-order valence-electron chi connectivity index (χ4n) is 5.22. The van der Waals surface area contributed by atoms with E-state index in [0.29, 0.717) is 41.2 Å². The molecule has 4 aromatic carbocycles. The van der Waals surface area contributed by atoms with Crippen LogP contribution >= 0.6 is 0 Å². The van der Waals surface area contributed by atoms with Gasteiger partial charge in [-0.25, -0.2) is 8.42 Å². The van der Waals surface area contributed by atoms with Gasteiger partial charge in [-0.2, -0.15) is 13.2 Å². The molecule has 0 spiro atoms. The van der Waals surface area contributed by atoms with E-state index in [1.54, 1.807) is 48.5 Å². The number of amides is 1. The monoisotopic (exact) mass is 652 g/mol. The van der Waals surface area contributed by atoms with Gasteiger partial charge in [-0.3, -0.25) is 13.9 Å². The van der Waals surface area contributed by atoms with Crippen LogP contribution in [0.5, 0.6) is 5.75 Å². The maximum absolute atomic E-state index is 14.0. The second-order valence-corrected chi connectivity index (χ2v) is 12.5. The van der Waals surface area contributed by atoms with Crippen LogP contribution in [-0.4, -0.2) is 40.1 Å². The van der Waals surface area contributed by atoms with Gasteiger partial charge in [0.1, 0.15) is 11.8 Å². The average Bonchev–Trinajstić information content (AvgIpc) is 3.46. The maximum atomic E-state index is 14.0. The summed E-state index contributed by atoms with van der Waals surface area (Å²) in [5, 5.41) is 2.84. The zero-order chi connectivity index (χ0) is 32.9. The van der Waals surface area contributed by atoms with Gasteiger partial charge in [0.25, 0.3) is 10.0 Å². The van der Waals surface area contributed by atoms with Gasteiger partial charge in [-0.15, -0.1) is 0 Å². The van der Waals surface area contributed by atoms with E-state index in [1.807, 2.05) is 0 Å². The second kappa shape index (κ2) is 13.7. The summed E-state index contributed by atoms with van der Waals surface area (Å²) in [5.41, 5.74) is 1.70. The first-order valence-corrected chi connectivity index (χ1v) is 15.9. The average molecular weight is 653 g/mol. The lowest BCUT2D eigenvalue weighted by molar-refractivity contribution is -0.141. The molecule has 1 heterocycles. The quantitative estimate of drug-likeness (QED) is 0.154. The summed E-state index contributed by atoms with van der Waals surface area (Å²) in [4.78, 5) is 24.7. The molecular formula is C34H31F3N2O6S. The van der Waals surface area contributed by atoms with E-state index in [2.05, 4.69) is 10.1 Å². The fraction of sp³-hybridized carbons (Fsp3) is 0.235. The molecule has 0 aromatic heterocycles. The Morgan fingerprint density at radius 2 is 1.65 bits per heavy atom. The van der Waals surface area contributed by atoms with Crippen molar-refractivity contribution in [1.29, 1.82) is 0 Å². The first-order chi connectivity index (χ1) is 22.0. The maximum Gasteiger partial charge on any atom is 0.416 e. The number of sulfonamides is 1. The Morgan fingerprint density at radius 1 is 0.913 bits per heavy atom. The predicted octanol–water partition coefficient (Wildman–Crippen LogP) is 6.14. The van der Waals surface area contributed by atoms with Crippen LogP contribution in [0.3, 0.4) is 0 Å². The molecule has 46 heavy (non-hydrogen) atoms. The van der Waals surface area contributed by atoms with E-state index in [4.69, 9.17) is 4.74 Å². The Balaban J connectivity index is 1.31. The van der Waals surface area contributed by atoms with Gasteiger partial charge in [0.2, 0.25) is 5.91 Å². The number of esters is 1. The van der Waals surface area contributed by atoms with E-state index in [0.717, 1.165) is 22.0 Å². The highest BCUT2D eigenvalue weighted by Gasteiger charge is 2.42. The molecule has 4 aromatic rings. The summed E-state index contributed by atoms with van der Waals surface area (Å²) in [6.45, 7) is 0.420. The minimum Gasteiger partial charge on any atom is -0.494 e. The lowest BCUT2D eigenvalue weighted by Gasteiger charge is -2.26. The second-order valence-electron chi connectivity index (χ2n) is 10.6. The SMILES string of the molecule is COC(=O)CCCOc1cccc(CNC(=O)[C@@H]2Cc3ccccc3N2S(=O)(=O)c2ccc(-c3cccc(C(F)(F)F)c3)cc2)c1. The molecule has 0 unspecified atom stereocenters. The minimum atomic E-state index is -4.51. The molecule has 0 bridgehead atoms. The van der Waals surface area contributed by atoms with Crippen molar-refractivity contribution in [2.45, 2.75) is 42.9 Å². The highest BCUT2D eigenvalue weighted by molar-refractivity contribution is 7.93. The molecule has 5 rings (SSSR count). The lowest BCUT2D eigenvalue weighted by Crippen LogP contribution is -2.47. The number of nitrogens with one attached hydrogen (secondary N) is 1. The molecule has 1 N–H and O–H groups in total. The van der Waals surface area contributed by atoms with Crippen molar-refractivity contribution in [3.8, 4) is 16.9 Å². The number of fused-ring (bicyclic) bond motifs is 1. The molecule has 1 atom stereocenters. The Labute approximate surface area is 264 Å². The number of methoxy groups -OCH3 is 1. The van der Waals surface area contributed by atoms with Crippen molar-refractivity contribution in [2.24, 2.45) is 0 Å². The largest absolute Gasteiger partial charge is 0.494 e. The van der Waals surface area contributed by atoms with Crippen LogP contribution < -0.4 is 14.4 Å². The Morgan fingerprint density at radius 3 is 2.39 bits per heavy atom. The molecule has 1 aliphatic rings. The number of rotatable bonds is 11. The number of carbonyl (C=O) groups excluding carboxylic acids is 2. The van der Waals surface area contributed by atoms with Crippen LogP contribution in [0.4, 0.5) is 18.9 Å². The molecule has 12 heteroatoms. The van der Waals surface area contributed by atoms with Crippen molar-refractivity contribution in [2.75, 3.05) is 18.0 Å². The molecule has 0 aliphatic carbocycles. The number of hydrogen-bond acceptors (Lipinski definition) is 6. The van der Waals surface area contributed by atoms with E-state index in [-0.39, 0.29) is 30.3 Å². The number of para-hydroxylation sites is 1. The van der Waals surface area contributed by atoms with Crippen molar-refractivity contribution in [3.63, 3.8) is 0 Å². The number of anilines is 1. The Kier molecular flexibility index (Phi) is 9.66. The number of carbonyl (C=O) groups is 2. The van der Waals surface area contributed by atoms with Gasteiger partial charge >= 0.3 is 12.1 Å². The third-order valence-electron chi connectivity index (χ3n) is 7.55. The molecule has 1 aliphatic heterocycles. The molecule has 1 amide bonds. The van der Waals surface area contributed by atoms with E-state index < -0.39 is 33.7 Å². The first-order valence-electron chi connectivity index (χ1n) is 14.4. The standard InChI is InChI=1S/C34H31F3N2O6S/c1-44-32(40)13-6-18-45-28-11-4-7-23(19-28)22-38-33(41)31-21-26-8-2-3-12-30(26)39(31)46(42,43)29-16-14-24(15-17-29)25-9-5-10-27(20-25)34(35,36)37/h2-5,7-12,14-17,19-20,31H,6,13,18,21-22H2,1H3,(H,38,41)/t31-/m0/s1. The summed E-state index contributed by atoms with van der Waals surface area (Å²) in [6.07, 6.45) is -3.64. The normalized spacial score (nSPS) is 14.4. The minimum absolute atomic E-state index is 0.102. The molecular weight excluding hydrogens is 621 g/mol. The highest BCUT2D eigenvalue weighted by Crippen LogP contribution is 2.38. The van der Waals surface area contributed by atoms with Gasteiger partial charge in [-0.05, 0) is 71.1 Å². The van der Waals surface area contributed by atoms with Crippen LogP contribution in [0.1, 0.15) is 29.5 Å². The fourth-order valence-corrected chi connectivity index (χ4v) is 6.87. The number of alkyl halides is 3. The molecule has 240 valence electrons. The third kappa shape index (κ3) is 7.34.